The van der Waals surface area contributed by atoms with Gasteiger partial charge >= 0.3 is 0 Å². The first kappa shape index (κ1) is 32.0. The zero-order valence-corrected chi connectivity index (χ0v) is 28.6. The molecule has 232 valence electrons. The third kappa shape index (κ3) is 5.85. The van der Waals surface area contributed by atoms with Gasteiger partial charge in [0.25, 0.3) is 10.1 Å². The Morgan fingerprint density at radius 1 is 0.682 bits per heavy atom. The Bertz CT molecular complexity index is 1760. The summed E-state index contributed by atoms with van der Waals surface area (Å²) in [6, 6.07) is 22.0. The SMILES string of the molecule is COc1cc(OC)c(Pc2cccc(C3c4cc(C(C)(C)C)ccc4-c4ccc(C(C)(C)C)cc43)c2S(=O)(=O)O)c(OC)c1. The molecule has 8 heteroatoms. The maximum Gasteiger partial charge on any atom is 0.295 e. The van der Waals surface area contributed by atoms with Crippen LogP contribution < -0.4 is 24.8 Å². The average molecular weight is 633 g/mol. The fraction of sp³-hybridized carbons (Fsp3) is 0.333. The van der Waals surface area contributed by atoms with Crippen LogP contribution in [0.4, 0.5) is 0 Å². The fourth-order valence-corrected chi connectivity index (χ4v) is 8.63. The standard InChI is InChI=1S/C36H41O6PS/c1-35(2,3)21-13-15-24-25-16-14-22(36(4,5)6)18-28(25)32(27(24)17-21)26-11-10-12-31(34(26)44(37,38)39)43-33-29(41-8)19-23(40-7)20-30(33)42-9/h10-20,32,43H,1-9H3,(H,37,38,39). The van der Waals surface area contributed by atoms with E-state index in [-0.39, 0.29) is 24.3 Å². The summed E-state index contributed by atoms with van der Waals surface area (Å²) in [4.78, 5) is -0.0793. The van der Waals surface area contributed by atoms with Crippen LogP contribution in [-0.4, -0.2) is 34.3 Å². The van der Waals surface area contributed by atoms with E-state index >= 15 is 0 Å². The zero-order chi connectivity index (χ0) is 32.2. The number of rotatable bonds is 7. The first-order valence-electron chi connectivity index (χ1n) is 14.5. The molecule has 1 aliphatic carbocycles. The largest absolute Gasteiger partial charge is 0.496 e. The number of fused-ring (bicyclic) bond motifs is 3. The van der Waals surface area contributed by atoms with Gasteiger partial charge in [-0.15, -0.1) is 0 Å². The van der Waals surface area contributed by atoms with E-state index in [1.807, 2.05) is 12.1 Å². The summed E-state index contributed by atoms with van der Waals surface area (Å²) in [5.74, 6) is 1.17. The van der Waals surface area contributed by atoms with E-state index in [4.69, 9.17) is 14.2 Å². The van der Waals surface area contributed by atoms with Crippen molar-refractivity contribution in [3.05, 3.63) is 94.5 Å². The molecule has 1 aliphatic rings. The Hall–Kier alpha value is -3.38. The van der Waals surface area contributed by atoms with Crippen LogP contribution in [0.15, 0.2) is 71.6 Å². The van der Waals surface area contributed by atoms with Crippen LogP contribution in [-0.2, 0) is 20.9 Å². The summed E-state index contributed by atoms with van der Waals surface area (Å²) in [7, 11) is -0.188. The molecule has 44 heavy (non-hydrogen) atoms. The molecule has 1 unspecified atom stereocenters. The lowest BCUT2D eigenvalue weighted by Crippen LogP contribution is -2.20. The van der Waals surface area contributed by atoms with Gasteiger partial charge in [-0.1, -0.05) is 96.1 Å². The average Bonchev–Trinajstić information content (AvgIpc) is 3.28. The molecule has 0 amide bonds. The van der Waals surface area contributed by atoms with Crippen LogP contribution in [0, 0.1) is 0 Å². The third-order valence-electron chi connectivity index (χ3n) is 8.34. The van der Waals surface area contributed by atoms with Gasteiger partial charge in [0, 0.05) is 18.1 Å². The van der Waals surface area contributed by atoms with Gasteiger partial charge in [0.15, 0.2) is 0 Å². The predicted molar refractivity (Wildman–Crippen MR) is 180 cm³/mol. The first-order valence-corrected chi connectivity index (χ1v) is 17.0. The van der Waals surface area contributed by atoms with Crippen LogP contribution in [0.2, 0.25) is 0 Å². The van der Waals surface area contributed by atoms with E-state index < -0.39 is 16.0 Å². The normalized spacial score (nSPS) is 13.7. The Balaban J connectivity index is 1.80. The third-order valence-corrected chi connectivity index (χ3v) is 10.9. The van der Waals surface area contributed by atoms with Crippen molar-refractivity contribution >= 4 is 29.3 Å². The molecule has 1 atom stereocenters. The van der Waals surface area contributed by atoms with Crippen molar-refractivity contribution in [2.75, 3.05) is 21.3 Å². The maximum absolute atomic E-state index is 13.4. The van der Waals surface area contributed by atoms with Crippen molar-refractivity contribution in [2.24, 2.45) is 0 Å². The van der Waals surface area contributed by atoms with E-state index in [2.05, 4.69) is 77.9 Å². The second-order valence-corrected chi connectivity index (χ2v) is 15.9. The second-order valence-electron chi connectivity index (χ2n) is 13.3. The molecule has 5 rings (SSSR count). The van der Waals surface area contributed by atoms with Gasteiger partial charge in [0.2, 0.25) is 0 Å². The number of hydrogen-bond acceptors (Lipinski definition) is 5. The highest BCUT2D eigenvalue weighted by atomic mass is 32.2. The minimum Gasteiger partial charge on any atom is -0.496 e. The molecular weight excluding hydrogens is 591 g/mol. The highest BCUT2D eigenvalue weighted by Gasteiger charge is 2.36. The van der Waals surface area contributed by atoms with Gasteiger partial charge in [0.05, 0.1) is 26.6 Å². The first-order chi connectivity index (χ1) is 20.6. The minimum absolute atomic E-state index is 0.0793. The van der Waals surface area contributed by atoms with E-state index in [0.717, 1.165) is 33.4 Å². The molecule has 0 saturated carbocycles. The van der Waals surface area contributed by atoms with Crippen molar-refractivity contribution in [1.82, 2.24) is 0 Å². The van der Waals surface area contributed by atoms with Gasteiger partial charge in [-0.2, -0.15) is 8.42 Å². The van der Waals surface area contributed by atoms with Crippen LogP contribution in [0.3, 0.4) is 0 Å². The lowest BCUT2D eigenvalue weighted by molar-refractivity contribution is 0.380. The molecule has 0 aliphatic heterocycles. The Morgan fingerprint density at radius 2 is 1.18 bits per heavy atom. The Morgan fingerprint density at radius 3 is 1.59 bits per heavy atom. The van der Waals surface area contributed by atoms with Crippen LogP contribution in [0.25, 0.3) is 11.1 Å². The van der Waals surface area contributed by atoms with E-state index in [9.17, 15) is 13.0 Å². The molecule has 0 aromatic heterocycles. The summed E-state index contributed by atoms with van der Waals surface area (Å²) < 4.78 is 54.4. The molecular formula is C36H41O6PS. The summed E-state index contributed by atoms with van der Waals surface area (Å²) in [6.07, 6.45) is 0. The number of hydrogen-bond donors (Lipinski definition) is 1. The highest BCUT2D eigenvalue weighted by Crippen LogP contribution is 2.51. The molecule has 0 saturated heterocycles. The van der Waals surface area contributed by atoms with Crippen LogP contribution in [0.1, 0.15) is 75.3 Å². The fourth-order valence-electron chi connectivity index (χ4n) is 5.96. The van der Waals surface area contributed by atoms with Crippen molar-refractivity contribution in [1.29, 1.82) is 0 Å². The summed E-state index contributed by atoms with van der Waals surface area (Å²) in [5.41, 5.74) is 6.85. The molecule has 1 N–H and O–H groups in total. The van der Waals surface area contributed by atoms with Crippen LogP contribution in [0.5, 0.6) is 17.2 Å². The molecule has 0 fully saturated rings. The summed E-state index contributed by atoms with van der Waals surface area (Å²) in [5, 5.41) is 1.15. The topological polar surface area (TPSA) is 82.1 Å². The number of methoxy groups -OCH3 is 3. The number of benzene rings is 4. The van der Waals surface area contributed by atoms with Gasteiger partial charge < -0.3 is 14.2 Å². The maximum atomic E-state index is 13.4. The Kier molecular flexibility index (Phi) is 8.39. The van der Waals surface area contributed by atoms with Gasteiger partial charge in [-0.25, -0.2) is 0 Å². The Labute approximate surface area is 263 Å². The molecule has 0 spiro atoms. The number of ether oxygens (including phenoxy) is 3. The molecule has 0 heterocycles. The van der Waals surface area contributed by atoms with Crippen LogP contribution >= 0.6 is 8.58 Å². The van der Waals surface area contributed by atoms with Gasteiger partial charge in [0.1, 0.15) is 22.1 Å². The smallest absolute Gasteiger partial charge is 0.295 e. The predicted octanol–water partition coefficient (Wildman–Crippen LogP) is 7.34. The molecule has 4 aromatic carbocycles. The molecule has 4 aromatic rings. The van der Waals surface area contributed by atoms with Crippen molar-refractivity contribution in [3.8, 4) is 28.4 Å². The lowest BCUT2D eigenvalue weighted by Gasteiger charge is -2.24. The van der Waals surface area contributed by atoms with Gasteiger partial charge in [-0.3, -0.25) is 4.55 Å². The quantitative estimate of drug-likeness (QED) is 0.149. The highest BCUT2D eigenvalue weighted by molar-refractivity contribution is 7.86. The summed E-state index contributed by atoms with van der Waals surface area (Å²) >= 11 is 0. The minimum atomic E-state index is -4.66. The van der Waals surface area contributed by atoms with Crippen molar-refractivity contribution < 1.29 is 27.2 Å². The van der Waals surface area contributed by atoms with Crippen molar-refractivity contribution in [3.63, 3.8) is 0 Å². The van der Waals surface area contributed by atoms with E-state index in [0.29, 0.717) is 33.4 Å². The lowest BCUT2D eigenvalue weighted by atomic mass is 9.81. The molecule has 0 radical (unpaired) electrons. The van der Waals surface area contributed by atoms with E-state index in [1.165, 1.54) is 0 Å². The summed E-state index contributed by atoms with van der Waals surface area (Å²) in [6.45, 7) is 13.0. The van der Waals surface area contributed by atoms with E-state index in [1.54, 1.807) is 39.5 Å². The monoisotopic (exact) mass is 632 g/mol. The zero-order valence-electron chi connectivity index (χ0n) is 26.8. The van der Waals surface area contributed by atoms with Gasteiger partial charge in [-0.05, 0) is 63.7 Å². The second kappa shape index (κ2) is 11.5. The van der Waals surface area contributed by atoms with Crippen molar-refractivity contribution in [2.45, 2.75) is 63.2 Å². The molecule has 6 nitrogen and oxygen atoms in total. The molecule has 0 bridgehead atoms.